The van der Waals surface area contributed by atoms with Gasteiger partial charge in [-0.1, -0.05) is 18.5 Å². The minimum absolute atomic E-state index is 0.0696. The van der Waals surface area contributed by atoms with Gasteiger partial charge < -0.3 is 5.73 Å². The Kier molecular flexibility index (Phi) is 4.21. The van der Waals surface area contributed by atoms with Crippen LogP contribution in [0.25, 0.3) is 0 Å². The second kappa shape index (κ2) is 5.06. The first-order valence-corrected chi connectivity index (χ1v) is 5.30. The first-order valence-electron chi connectivity index (χ1n) is 4.93. The molecule has 0 spiro atoms. The van der Waals surface area contributed by atoms with Crippen molar-refractivity contribution in [3.8, 4) is 0 Å². The maximum Gasteiger partial charge on any atom is 0.416 e. The fourth-order valence-electron chi connectivity index (χ4n) is 1.50. The summed E-state index contributed by atoms with van der Waals surface area (Å²) < 4.78 is 37.4. The van der Waals surface area contributed by atoms with Crippen LogP contribution < -0.4 is 5.73 Å². The van der Waals surface area contributed by atoms with Crippen LogP contribution in [0.2, 0.25) is 5.02 Å². The van der Waals surface area contributed by atoms with E-state index in [1.54, 1.807) is 0 Å². The molecule has 0 fully saturated rings. The predicted molar refractivity (Wildman–Crippen MR) is 58.5 cm³/mol. The van der Waals surface area contributed by atoms with Gasteiger partial charge in [0.05, 0.1) is 5.56 Å². The van der Waals surface area contributed by atoms with Gasteiger partial charge in [-0.25, -0.2) is 0 Å². The zero-order chi connectivity index (χ0) is 12.3. The van der Waals surface area contributed by atoms with E-state index in [0.717, 1.165) is 12.1 Å². The number of nitrogens with two attached hydrogens (primary N) is 1. The lowest BCUT2D eigenvalue weighted by Gasteiger charge is -2.15. The highest BCUT2D eigenvalue weighted by Gasteiger charge is 2.31. The number of rotatable bonds is 3. The van der Waals surface area contributed by atoms with Crippen molar-refractivity contribution in [1.29, 1.82) is 0 Å². The van der Waals surface area contributed by atoms with E-state index in [0.29, 0.717) is 23.6 Å². The minimum Gasteiger partial charge on any atom is -0.330 e. The van der Waals surface area contributed by atoms with Crippen molar-refractivity contribution in [2.45, 2.75) is 25.4 Å². The van der Waals surface area contributed by atoms with Gasteiger partial charge in [-0.2, -0.15) is 13.2 Å². The van der Waals surface area contributed by atoms with Crippen LogP contribution in [0.4, 0.5) is 13.2 Å². The number of hydrogen-bond donors (Lipinski definition) is 1. The number of hydrogen-bond acceptors (Lipinski definition) is 1. The van der Waals surface area contributed by atoms with E-state index >= 15 is 0 Å². The summed E-state index contributed by atoms with van der Waals surface area (Å²) in [6.45, 7) is 2.24. The average Bonchev–Trinajstić information content (AvgIpc) is 2.16. The van der Waals surface area contributed by atoms with Crippen LogP contribution in [-0.2, 0) is 6.18 Å². The fraction of sp³-hybridized carbons (Fsp3) is 0.455. The van der Waals surface area contributed by atoms with Crippen molar-refractivity contribution >= 4 is 11.6 Å². The molecular formula is C11H13ClF3N. The highest BCUT2D eigenvalue weighted by molar-refractivity contribution is 6.31. The Balaban J connectivity index is 3.09. The summed E-state index contributed by atoms with van der Waals surface area (Å²) in [7, 11) is 0. The molecular weight excluding hydrogens is 239 g/mol. The lowest BCUT2D eigenvalue weighted by atomic mass is 9.96. The van der Waals surface area contributed by atoms with Crippen molar-refractivity contribution < 1.29 is 13.2 Å². The first kappa shape index (κ1) is 13.3. The average molecular weight is 252 g/mol. The summed E-state index contributed by atoms with van der Waals surface area (Å²) in [5.41, 5.74) is 5.21. The summed E-state index contributed by atoms with van der Waals surface area (Å²) >= 11 is 5.87. The quantitative estimate of drug-likeness (QED) is 0.869. The number of halogens is 4. The molecule has 16 heavy (non-hydrogen) atoms. The molecule has 2 N–H and O–H groups in total. The normalized spacial score (nSPS) is 13.9. The van der Waals surface area contributed by atoms with Crippen molar-refractivity contribution in [3.05, 3.63) is 34.3 Å². The van der Waals surface area contributed by atoms with Crippen LogP contribution in [0.15, 0.2) is 18.2 Å². The van der Waals surface area contributed by atoms with Crippen LogP contribution >= 0.6 is 11.6 Å². The standard InChI is InChI=1S/C11H13ClF3N/c1-7(4-5-16)9-6-8(11(13,14)15)2-3-10(9)12/h2-3,6-7H,4-5,16H2,1H3. The summed E-state index contributed by atoms with van der Waals surface area (Å²) in [5, 5.41) is 0.356. The number of benzene rings is 1. The van der Waals surface area contributed by atoms with Crippen LogP contribution in [0.5, 0.6) is 0 Å². The highest BCUT2D eigenvalue weighted by atomic mass is 35.5. The Labute approximate surface area is 97.4 Å². The number of alkyl halides is 3. The van der Waals surface area contributed by atoms with E-state index in [9.17, 15) is 13.2 Å². The molecule has 0 radical (unpaired) electrons. The lowest BCUT2D eigenvalue weighted by Crippen LogP contribution is -2.09. The van der Waals surface area contributed by atoms with E-state index < -0.39 is 11.7 Å². The molecule has 0 aliphatic rings. The van der Waals surface area contributed by atoms with Gasteiger partial charge in [0.25, 0.3) is 0 Å². The van der Waals surface area contributed by atoms with Gasteiger partial charge in [0.2, 0.25) is 0 Å². The van der Waals surface area contributed by atoms with Crippen LogP contribution in [0.3, 0.4) is 0 Å². The molecule has 0 amide bonds. The second-order valence-corrected chi connectivity index (χ2v) is 4.12. The zero-order valence-corrected chi connectivity index (χ0v) is 9.57. The van der Waals surface area contributed by atoms with E-state index in [-0.39, 0.29) is 5.92 Å². The van der Waals surface area contributed by atoms with Crippen molar-refractivity contribution in [3.63, 3.8) is 0 Å². The topological polar surface area (TPSA) is 26.0 Å². The molecule has 0 saturated heterocycles. The maximum atomic E-state index is 12.5. The Morgan fingerprint density at radius 2 is 2.00 bits per heavy atom. The van der Waals surface area contributed by atoms with Gasteiger partial charge in [-0.15, -0.1) is 0 Å². The molecule has 0 saturated carbocycles. The van der Waals surface area contributed by atoms with Gasteiger partial charge >= 0.3 is 6.18 Å². The van der Waals surface area contributed by atoms with Crippen LogP contribution in [-0.4, -0.2) is 6.54 Å². The predicted octanol–water partition coefficient (Wildman–Crippen LogP) is 3.81. The highest BCUT2D eigenvalue weighted by Crippen LogP contribution is 2.34. The molecule has 0 bridgehead atoms. The van der Waals surface area contributed by atoms with Gasteiger partial charge in [-0.3, -0.25) is 0 Å². The van der Waals surface area contributed by atoms with E-state index in [1.165, 1.54) is 6.07 Å². The molecule has 5 heteroatoms. The fourth-order valence-corrected chi connectivity index (χ4v) is 1.81. The van der Waals surface area contributed by atoms with Gasteiger partial charge in [0.15, 0.2) is 0 Å². The lowest BCUT2D eigenvalue weighted by molar-refractivity contribution is -0.137. The van der Waals surface area contributed by atoms with Crippen molar-refractivity contribution in [2.75, 3.05) is 6.54 Å². The summed E-state index contributed by atoms with van der Waals surface area (Å²) in [6, 6.07) is 3.37. The molecule has 0 aliphatic carbocycles. The molecule has 1 atom stereocenters. The van der Waals surface area contributed by atoms with E-state index in [4.69, 9.17) is 17.3 Å². The molecule has 1 nitrogen and oxygen atoms in total. The molecule has 90 valence electrons. The molecule has 0 aliphatic heterocycles. The Morgan fingerprint density at radius 3 is 2.50 bits per heavy atom. The van der Waals surface area contributed by atoms with Crippen molar-refractivity contribution in [2.24, 2.45) is 5.73 Å². The Morgan fingerprint density at radius 1 is 1.38 bits per heavy atom. The third kappa shape index (κ3) is 3.12. The van der Waals surface area contributed by atoms with E-state index in [1.807, 2.05) is 6.92 Å². The second-order valence-electron chi connectivity index (χ2n) is 3.71. The summed E-state index contributed by atoms with van der Waals surface area (Å²) in [6.07, 6.45) is -3.72. The molecule has 1 rings (SSSR count). The van der Waals surface area contributed by atoms with Gasteiger partial charge in [0, 0.05) is 5.02 Å². The molecule has 0 aromatic heterocycles. The third-order valence-corrected chi connectivity index (χ3v) is 2.80. The van der Waals surface area contributed by atoms with Gasteiger partial charge in [-0.05, 0) is 42.6 Å². The van der Waals surface area contributed by atoms with E-state index in [2.05, 4.69) is 0 Å². The minimum atomic E-state index is -4.33. The third-order valence-electron chi connectivity index (χ3n) is 2.45. The smallest absolute Gasteiger partial charge is 0.330 e. The van der Waals surface area contributed by atoms with Crippen LogP contribution in [0, 0.1) is 0 Å². The zero-order valence-electron chi connectivity index (χ0n) is 8.81. The maximum absolute atomic E-state index is 12.5. The molecule has 1 unspecified atom stereocenters. The molecule has 1 aromatic carbocycles. The van der Waals surface area contributed by atoms with Crippen LogP contribution in [0.1, 0.15) is 30.4 Å². The molecule has 1 aromatic rings. The molecule has 0 heterocycles. The van der Waals surface area contributed by atoms with Gasteiger partial charge in [0.1, 0.15) is 0 Å². The largest absolute Gasteiger partial charge is 0.416 e. The van der Waals surface area contributed by atoms with Crippen molar-refractivity contribution in [1.82, 2.24) is 0 Å². The monoisotopic (exact) mass is 251 g/mol. The Bertz CT molecular complexity index is 363. The summed E-state index contributed by atoms with van der Waals surface area (Å²) in [4.78, 5) is 0. The first-order chi connectivity index (χ1) is 7.36. The Hall–Kier alpha value is -0.740. The SMILES string of the molecule is CC(CCN)c1cc(C(F)(F)F)ccc1Cl. The summed E-state index contributed by atoms with van der Waals surface area (Å²) in [5.74, 6) is -0.0696.